The summed E-state index contributed by atoms with van der Waals surface area (Å²) in [4.78, 5) is 8.69. The van der Waals surface area contributed by atoms with E-state index in [1.807, 2.05) is 54.0 Å². The van der Waals surface area contributed by atoms with Crippen molar-refractivity contribution in [2.45, 2.75) is 11.9 Å². The molecule has 0 atom stereocenters. The molecule has 2 heterocycles. The van der Waals surface area contributed by atoms with Crippen molar-refractivity contribution in [3.05, 3.63) is 67.1 Å². The summed E-state index contributed by atoms with van der Waals surface area (Å²) in [6.07, 6.45) is 3.59. The maximum Gasteiger partial charge on any atom is 0.146 e. The second-order valence-electron chi connectivity index (χ2n) is 5.58. The molecule has 0 bridgehead atoms. The Morgan fingerprint density at radius 3 is 2.48 bits per heavy atom. The lowest BCUT2D eigenvalue weighted by Crippen LogP contribution is -1.96. The molecule has 2 aromatic carbocycles. The van der Waals surface area contributed by atoms with Gasteiger partial charge in [0.1, 0.15) is 17.7 Å². The van der Waals surface area contributed by atoms with Crippen molar-refractivity contribution in [3.8, 4) is 22.6 Å². The van der Waals surface area contributed by atoms with Crippen LogP contribution in [-0.2, 0) is 12.6 Å². The first-order chi connectivity index (χ1) is 12.3. The van der Waals surface area contributed by atoms with Crippen LogP contribution in [0.25, 0.3) is 27.8 Å². The van der Waals surface area contributed by atoms with Gasteiger partial charge in [0.05, 0.1) is 6.61 Å². The van der Waals surface area contributed by atoms with Crippen molar-refractivity contribution < 1.29 is 4.74 Å². The second-order valence-corrected chi connectivity index (χ2v) is 5.97. The highest BCUT2D eigenvalue weighted by Crippen LogP contribution is 2.33. The molecule has 4 nitrogen and oxygen atoms in total. The van der Waals surface area contributed by atoms with E-state index in [0.717, 1.165) is 33.6 Å². The standard InChI is InChI=1S/C20H17N3OS/c1-2-24-16-10-8-15(9-11-16)23-12-17(14-6-4-3-5-7-14)18-19(23)21-13-22-20(18)25/h3-13H,2H2,1H3,(H,21,22,25)/p-1. The summed E-state index contributed by atoms with van der Waals surface area (Å²) in [5.41, 5.74) is 3.94. The van der Waals surface area contributed by atoms with Gasteiger partial charge in [-0.3, -0.25) is 4.98 Å². The topological polar surface area (TPSA) is 39.9 Å². The molecule has 0 aliphatic carbocycles. The van der Waals surface area contributed by atoms with Gasteiger partial charge in [0.2, 0.25) is 0 Å². The maximum atomic E-state index is 5.53. The summed E-state index contributed by atoms with van der Waals surface area (Å²) in [7, 11) is 0. The third kappa shape index (κ3) is 2.83. The average Bonchev–Trinajstić information content (AvgIpc) is 3.04. The summed E-state index contributed by atoms with van der Waals surface area (Å²) >= 11 is 5.48. The van der Waals surface area contributed by atoms with Crippen molar-refractivity contribution in [1.82, 2.24) is 14.5 Å². The Kier molecular flexibility index (Phi) is 4.07. The minimum Gasteiger partial charge on any atom is -0.759 e. The van der Waals surface area contributed by atoms with Crippen molar-refractivity contribution >= 4 is 23.7 Å². The molecule has 0 fully saturated rings. The van der Waals surface area contributed by atoms with Crippen molar-refractivity contribution in [1.29, 1.82) is 0 Å². The molecule has 0 amide bonds. The van der Waals surface area contributed by atoms with Gasteiger partial charge in [-0.25, -0.2) is 4.98 Å². The van der Waals surface area contributed by atoms with Crippen LogP contribution in [0.1, 0.15) is 6.92 Å². The zero-order valence-electron chi connectivity index (χ0n) is 13.7. The number of hydrogen-bond acceptors (Lipinski definition) is 4. The molecule has 2 aromatic heterocycles. The Bertz CT molecular complexity index is 1010. The van der Waals surface area contributed by atoms with E-state index in [-0.39, 0.29) is 0 Å². The number of nitrogens with zero attached hydrogens (tertiary/aromatic N) is 3. The largest absolute Gasteiger partial charge is 0.759 e. The zero-order chi connectivity index (χ0) is 17.2. The molecule has 4 rings (SSSR count). The fourth-order valence-corrected chi connectivity index (χ4v) is 3.19. The maximum absolute atomic E-state index is 5.53. The smallest absolute Gasteiger partial charge is 0.146 e. The first kappa shape index (κ1) is 15.6. The van der Waals surface area contributed by atoms with E-state index in [0.29, 0.717) is 11.6 Å². The summed E-state index contributed by atoms with van der Waals surface area (Å²) in [5.74, 6) is 0.851. The lowest BCUT2D eigenvalue weighted by molar-refractivity contribution is 0.340. The van der Waals surface area contributed by atoms with Gasteiger partial charge < -0.3 is 21.9 Å². The molecule has 25 heavy (non-hydrogen) atoms. The van der Waals surface area contributed by atoms with E-state index in [9.17, 15) is 0 Å². The van der Waals surface area contributed by atoms with Crippen LogP contribution in [0.5, 0.6) is 5.75 Å². The Morgan fingerprint density at radius 2 is 1.76 bits per heavy atom. The number of benzene rings is 2. The van der Waals surface area contributed by atoms with Crippen LogP contribution in [0.15, 0.2) is 72.1 Å². The molecule has 0 unspecified atom stereocenters. The van der Waals surface area contributed by atoms with E-state index in [1.54, 1.807) is 0 Å². The number of hydrogen-bond donors (Lipinski definition) is 0. The summed E-state index contributed by atoms with van der Waals surface area (Å²) in [6, 6.07) is 18.1. The fourth-order valence-electron chi connectivity index (χ4n) is 2.94. The molecule has 0 aliphatic rings. The fraction of sp³-hybridized carbons (Fsp3) is 0.100. The Morgan fingerprint density at radius 1 is 1.00 bits per heavy atom. The Balaban J connectivity index is 1.92. The molecule has 124 valence electrons. The molecule has 0 N–H and O–H groups in total. The third-order valence-corrected chi connectivity index (χ3v) is 4.37. The number of ether oxygens (including phenoxy) is 1. The molecule has 4 aromatic rings. The third-order valence-electron chi connectivity index (χ3n) is 4.06. The van der Waals surface area contributed by atoms with Crippen molar-refractivity contribution in [3.63, 3.8) is 0 Å². The van der Waals surface area contributed by atoms with E-state index in [4.69, 9.17) is 17.4 Å². The SMILES string of the molecule is CCOc1ccc(-n2cc(-c3ccccc3)c3c([S-])ncnc32)cc1. The van der Waals surface area contributed by atoms with Gasteiger partial charge in [-0.15, -0.1) is 0 Å². The van der Waals surface area contributed by atoms with Crippen LogP contribution in [0.2, 0.25) is 0 Å². The second kappa shape index (κ2) is 6.53. The van der Waals surface area contributed by atoms with Crippen LogP contribution in [0.3, 0.4) is 0 Å². The monoisotopic (exact) mass is 346 g/mol. The Labute approximate surface area is 151 Å². The lowest BCUT2D eigenvalue weighted by Gasteiger charge is -2.09. The minimum absolute atomic E-state index is 0.563. The zero-order valence-corrected chi connectivity index (χ0v) is 14.5. The van der Waals surface area contributed by atoms with Gasteiger partial charge in [0.15, 0.2) is 0 Å². The van der Waals surface area contributed by atoms with E-state index in [1.165, 1.54) is 6.33 Å². The van der Waals surface area contributed by atoms with Gasteiger partial charge >= 0.3 is 0 Å². The molecule has 0 aliphatic heterocycles. The van der Waals surface area contributed by atoms with Crippen molar-refractivity contribution in [2.24, 2.45) is 0 Å². The minimum atomic E-state index is 0.563. The molecular formula is C20H16N3OS-. The lowest BCUT2D eigenvalue weighted by atomic mass is 10.1. The van der Waals surface area contributed by atoms with Gasteiger partial charge in [0, 0.05) is 22.8 Å². The van der Waals surface area contributed by atoms with E-state index >= 15 is 0 Å². The van der Waals surface area contributed by atoms with Crippen molar-refractivity contribution in [2.75, 3.05) is 6.61 Å². The highest BCUT2D eigenvalue weighted by Gasteiger charge is 2.13. The number of rotatable bonds is 4. The normalized spacial score (nSPS) is 10.9. The van der Waals surface area contributed by atoms with Gasteiger partial charge in [-0.1, -0.05) is 35.4 Å². The van der Waals surface area contributed by atoms with E-state index in [2.05, 4.69) is 28.3 Å². The summed E-state index contributed by atoms with van der Waals surface area (Å²) < 4.78 is 7.57. The molecule has 0 spiro atoms. The first-order valence-corrected chi connectivity index (χ1v) is 8.50. The Hall–Kier alpha value is -2.92. The predicted molar refractivity (Wildman–Crippen MR) is 101 cm³/mol. The molecule has 0 saturated heterocycles. The van der Waals surface area contributed by atoms with E-state index < -0.39 is 0 Å². The number of fused-ring (bicyclic) bond motifs is 1. The van der Waals surface area contributed by atoms with Crippen LogP contribution in [0, 0.1) is 0 Å². The van der Waals surface area contributed by atoms with Crippen LogP contribution in [0.4, 0.5) is 0 Å². The summed E-state index contributed by atoms with van der Waals surface area (Å²) in [6.45, 7) is 2.62. The highest BCUT2D eigenvalue weighted by molar-refractivity contribution is 7.59. The highest BCUT2D eigenvalue weighted by atomic mass is 32.1. The molecule has 0 saturated carbocycles. The molecular weight excluding hydrogens is 330 g/mol. The van der Waals surface area contributed by atoms with Gasteiger partial charge in [-0.2, -0.15) is 0 Å². The van der Waals surface area contributed by atoms with Gasteiger partial charge in [0.25, 0.3) is 0 Å². The predicted octanol–water partition coefficient (Wildman–Crippen LogP) is 4.39. The first-order valence-electron chi connectivity index (χ1n) is 8.09. The van der Waals surface area contributed by atoms with Crippen LogP contribution >= 0.6 is 0 Å². The average molecular weight is 346 g/mol. The molecule has 0 radical (unpaired) electrons. The van der Waals surface area contributed by atoms with Crippen LogP contribution < -0.4 is 4.74 Å². The molecule has 5 heteroatoms. The van der Waals surface area contributed by atoms with Crippen LogP contribution in [-0.4, -0.2) is 21.1 Å². The quantitative estimate of drug-likeness (QED) is 0.406. The van der Waals surface area contributed by atoms with Gasteiger partial charge in [-0.05, 0) is 36.8 Å². The summed E-state index contributed by atoms with van der Waals surface area (Å²) in [5, 5.41) is 1.46. The number of aromatic nitrogens is 3.